The van der Waals surface area contributed by atoms with Crippen LogP contribution < -0.4 is 4.74 Å². The van der Waals surface area contributed by atoms with E-state index in [1.54, 1.807) is 0 Å². The quantitative estimate of drug-likeness (QED) is 0.426. The number of imide groups is 1. The van der Waals surface area contributed by atoms with E-state index >= 15 is 0 Å². The minimum atomic E-state index is -0.862. The maximum Gasteiger partial charge on any atom is 0.326 e. The third kappa shape index (κ3) is 3.84. The van der Waals surface area contributed by atoms with E-state index in [-0.39, 0.29) is 35.0 Å². The van der Waals surface area contributed by atoms with Gasteiger partial charge in [0.15, 0.2) is 6.61 Å². The third-order valence-electron chi connectivity index (χ3n) is 5.05. The Balaban J connectivity index is 1.59. The zero-order valence-electron chi connectivity index (χ0n) is 14.9. The Bertz CT molecular complexity index is 768. The third-order valence-corrected chi connectivity index (χ3v) is 5.05. The van der Waals surface area contributed by atoms with Crippen molar-refractivity contribution in [3.63, 3.8) is 0 Å². The van der Waals surface area contributed by atoms with Gasteiger partial charge in [-0.2, -0.15) is 0 Å². The SMILES string of the molecule is COc1ccc(F)cc1C(=O)COC(=O)CN1C(=O)C2CCCCC2C1=O. The molecule has 2 atom stereocenters. The molecule has 1 heterocycles. The normalized spacial score (nSPS) is 21.8. The maximum absolute atomic E-state index is 13.3. The molecule has 0 radical (unpaired) electrons. The molecule has 0 aromatic heterocycles. The Kier molecular flexibility index (Phi) is 5.53. The smallest absolute Gasteiger partial charge is 0.326 e. The van der Waals surface area contributed by atoms with Crippen LogP contribution in [0.2, 0.25) is 0 Å². The van der Waals surface area contributed by atoms with Crippen molar-refractivity contribution in [2.45, 2.75) is 25.7 Å². The molecule has 1 aromatic rings. The van der Waals surface area contributed by atoms with Crippen molar-refractivity contribution in [3.8, 4) is 5.75 Å². The topological polar surface area (TPSA) is 90.0 Å². The summed E-state index contributed by atoms with van der Waals surface area (Å²) in [7, 11) is 1.33. The molecule has 1 aliphatic carbocycles. The standard InChI is InChI=1S/C19H20FNO6/c1-26-16-7-6-11(20)8-14(16)15(22)10-27-17(23)9-21-18(24)12-4-2-3-5-13(12)19(21)25/h6-8,12-13H,2-5,9-10H2,1H3. The van der Waals surface area contributed by atoms with Crippen molar-refractivity contribution in [1.82, 2.24) is 4.90 Å². The molecule has 1 aromatic carbocycles. The Labute approximate surface area is 155 Å². The Morgan fingerprint density at radius 2 is 1.78 bits per heavy atom. The van der Waals surface area contributed by atoms with Crippen LogP contribution >= 0.6 is 0 Å². The summed E-state index contributed by atoms with van der Waals surface area (Å²) in [6.45, 7) is -1.15. The number of rotatable bonds is 6. The monoisotopic (exact) mass is 377 g/mol. The number of nitrogens with zero attached hydrogens (tertiary/aromatic N) is 1. The minimum Gasteiger partial charge on any atom is -0.496 e. The second-order valence-electron chi connectivity index (χ2n) is 6.69. The van der Waals surface area contributed by atoms with Crippen molar-refractivity contribution >= 4 is 23.6 Å². The van der Waals surface area contributed by atoms with Crippen LogP contribution in [0.5, 0.6) is 5.75 Å². The lowest BCUT2D eigenvalue weighted by atomic mass is 9.81. The zero-order chi connectivity index (χ0) is 19.6. The van der Waals surface area contributed by atoms with Crippen molar-refractivity contribution in [1.29, 1.82) is 0 Å². The zero-order valence-corrected chi connectivity index (χ0v) is 14.9. The summed E-state index contributed by atoms with van der Waals surface area (Å²) in [6.07, 6.45) is 3.09. The number of halogens is 1. The summed E-state index contributed by atoms with van der Waals surface area (Å²) in [4.78, 5) is 49.8. The van der Waals surface area contributed by atoms with Gasteiger partial charge in [0, 0.05) is 0 Å². The predicted octanol–water partition coefficient (Wildman–Crippen LogP) is 1.74. The second-order valence-corrected chi connectivity index (χ2v) is 6.69. The van der Waals surface area contributed by atoms with Crippen LogP contribution in [0.4, 0.5) is 4.39 Å². The number of hydrogen-bond acceptors (Lipinski definition) is 6. The van der Waals surface area contributed by atoms with Crippen LogP contribution in [0.25, 0.3) is 0 Å². The Morgan fingerprint density at radius 3 is 2.37 bits per heavy atom. The van der Waals surface area contributed by atoms with Gasteiger partial charge in [0.05, 0.1) is 24.5 Å². The highest BCUT2D eigenvalue weighted by Gasteiger charge is 2.48. The average molecular weight is 377 g/mol. The first kappa shape index (κ1) is 19.0. The number of benzene rings is 1. The number of Topliss-reactive ketones (excluding diaryl/α,β-unsaturated/α-hetero) is 1. The molecule has 1 aliphatic heterocycles. The number of ketones is 1. The van der Waals surface area contributed by atoms with Crippen molar-refractivity contribution in [2.75, 3.05) is 20.3 Å². The van der Waals surface area contributed by atoms with Crippen LogP contribution in [0.3, 0.4) is 0 Å². The number of ether oxygens (including phenoxy) is 2. The highest BCUT2D eigenvalue weighted by atomic mass is 19.1. The number of hydrogen-bond donors (Lipinski definition) is 0. The van der Waals surface area contributed by atoms with Gasteiger partial charge in [0.2, 0.25) is 17.6 Å². The summed E-state index contributed by atoms with van der Waals surface area (Å²) >= 11 is 0. The molecule has 1 saturated carbocycles. The number of methoxy groups -OCH3 is 1. The van der Waals surface area contributed by atoms with Crippen LogP contribution in [0.15, 0.2) is 18.2 Å². The maximum atomic E-state index is 13.3. The van der Waals surface area contributed by atoms with Gasteiger partial charge < -0.3 is 9.47 Å². The second kappa shape index (κ2) is 7.85. The first-order valence-corrected chi connectivity index (χ1v) is 8.80. The van der Waals surface area contributed by atoms with Gasteiger partial charge >= 0.3 is 5.97 Å². The van der Waals surface area contributed by atoms with Gasteiger partial charge in [-0.1, -0.05) is 12.8 Å². The van der Waals surface area contributed by atoms with Gasteiger partial charge in [-0.3, -0.25) is 24.1 Å². The summed E-state index contributed by atoms with van der Waals surface area (Å²) in [5, 5.41) is 0. The average Bonchev–Trinajstić information content (AvgIpc) is 2.91. The van der Waals surface area contributed by atoms with E-state index in [4.69, 9.17) is 9.47 Å². The first-order chi connectivity index (χ1) is 12.9. The summed E-state index contributed by atoms with van der Waals surface area (Å²) in [6, 6.07) is 3.44. The van der Waals surface area contributed by atoms with E-state index in [9.17, 15) is 23.6 Å². The van der Waals surface area contributed by atoms with Gasteiger partial charge in [-0.05, 0) is 31.0 Å². The predicted molar refractivity (Wildman–Crippen MR) is 90.4 cm³/mol. The highest BCUT2D eigenvalue weighted by molar-refractivity contribution is 6.07. The van der Waals surface area contributed by atoms with Crippen LogP contribution in [0.1, 0.15) is 36.0 Å². The molecule has 0 bridgehead atoms. The van der Waals surface area contributed by atoms with Crippen molar-refractivity contribution in [3.05, 3.63) is 29.6 Å². The number of carbonyl (C=O) groups is 4. The summed E-state index contributed by atoms with van der Waals surface area (Å²) in [5.74, 6) is -3.37. The summed E-state index contributed by atoms with van der Waals surface area (Å²) < 4.78 is 23.2. The molecule has 0 spiro atoms. The fraction of sp³-hybridized carbons (Fsp3) is 0.474. The van der Waals surface area contributed by atoms with Crippen molar-refractivity contribution < 1.29 is 33.0 Å². The first-order valence-electron chi connectivity index (χ1n) is 8.80. The summed E-state index contributed by atoms with van der Waals surface area (Å²) in [5.41, 5.74) is -0.0513. The minimum absolute atomic E-state index is 0.0513. The van der Waals surface area contributed by atoms with Gasteiger partial charge in [-0.15, -0.1) is 0 Å². The molecule has 2 unspecified atom stereocenters. The number of esters is 1. The largest absolute Gasteiger partial charge is 0.496 e. The van der Waals surface area contributed by atoms with E-state index < -0.39 is 30.7 Å². The number of amides is 2. The van der Waals surface area contributed by atoms with E-state index in [1.807, 2.05) is 0 Å². The fourth-order valence-electron chi connectivity index (χ4n) is 3.68. The lowest BCUT2D eigenvalue weighted by molar-refractivity contribution is -0.152. The molecular weight excluding hydrogens is 357 g/mol. The molecule has 2 fully saturated rings. The van der Waals surface area contributed by atoms with Crippen molar-refractivity contribution in [2.24, 2.45) is 11.8 Å². The molecule has 27 heavy (non-hydrogen) atoms. The molecule has 7 nitrogen and oxygen atoms in total. The molecule has 2 amide bonds. The van der Waals surface area contributed by atoms with Gasteiger partial charge in [-0.25, -0.2) is 4.39 Å². The van der Waals surface area contributed by atoms with Gasteiger partial charge in [0.1, 0.15) is 18.1 Å². The molecular formula is C19H20FNO6. The Morgan fingerprint density at radius 1 is 1.15 bits per heavy atom. The van der Waals surface area contributed by atoms with E-state index in [1.165, 1.54) is 13.2 Å². The lowest BCUT2D eigenvalue weighted by Crippen LogP contribution is -2.37. The molecule has 3 rings (SSSR count). The van der Waals surface area contributed by atoms with E-state index in [0.717, 1.165) is 29.9 Å². The lowest BCUT2D eigenvalue weighted by Gasteiger charge is -2.19. The van der Waals surface area contributed by atoms with Crippen LogP contribution in [-0.2, 0) is 19.1 Å². The molecule has 2 aliphatic rings. The van der Waals surface area contributed by atoms with Crippen LogP contribution in [-0.4, -0.2) is 48.7 Å². The number of carbonyl (C=O) groups excluding carboxylic acids is 4. The molecule has 144 valence electrons. The highest BCUT2D eigenvalue weighted by Crippen LogP contribution is 2.37. The molecule has 8 heteroatoms. The van der Waals surface area contributed by atoms with E-state index in [0.29, 0.717) is 12.8 Å². The number of fused-ring (bicyclic) bond motifs is 1. The Hall–Kier alpha value is -2.77. The molecule has 0 N–H and O–H groups in total. The molecule has 1 saturated heterocycles. The van der Waals surface area contributed by atoms with Crippen LogP contribution in [0, 0.1) is 17.7 Å². The number of likely N-dealkylation sites (tertiary alicyclic amines) is 1. The van der Waals surface area contributed by atoms with E-state index in [2.05, 4.69) is 0 Å². The fourth-order valence-corrected chi connectivity index (χ4v) is 3.68. The van der Waals surface area contributed by atoms with Gasteiger partial charge in [0.25, 0.3) is 0 Å².